The zero-order chi connectivity index (χ0) is 12.4. The number of hydrogen-bond acceptors (Lipinski definition) is 5. The first kappa shape index (κ1) is 14.4. The van der Waals surface area contributed by atoms with Gasteiger partial charge in [-0.25, -0.2) is 0 Å². The van der Waals surface area contributed by atoms with E-state index in [2.05, 4.69) is 0 Å². The van der Waals surface area contributed by atoms with E-state index in [1.807, 2.05) is 16.8 Å². The molecule has 1 heterocycles. The summed E-state index contributed by atoms with van der Waals surface area (Å²) in [6.45, 7) is 0. The van der Waals surface area contributed by atoms with Crippen LogP contribution < -0.4 is 5.73 Å². The van der Waals surface area contributed by atoms with Crippen molar-refractivity contribution in [1.29, 1.82) is 0 Å². The van der Waals surface area contributed by atoms with Crippen molar-refractivity contribution in [1.82, 2.24) is 0 Å². The number of thiophene rings is 1. The van der Waals surface area contributed by atoms with Gasteiger partial charge in [0.25, 0.3) is 5.69 Å². The first-order valence-electron chi connectivity index (χ1n) is 4.84. The van der Waals surface area contributed by atoms with Gasteiger partial charge >= 0.3 is 0 Å². The molecule has 7 heteroatoms. The smallest absolute Gasteiger partial charge is 0.270 e. The number of aromatic hydroxyl groups is 1. The molecule has 0 radical (unpaired) electrons. The number of nitrogens with zero attached hydrogens (tertiary/aromatic N) is 1. The highest BCUT2D eigenvalue weighted by Crippen LogP contribution is 2.31. The number of hydrogen-bond donors (Lipinski definition) is 2. The Labute approximate surface area is 113 Å². The number of phenols is 1. The molecule has 1 aromatic carbocycles. The number of non-ortho nitro benzene ring substituents is 1. The van der Waals surface area contributed by atoms with Crippen LogP contribution in [-0.2, 0) is 0 Å². The van der Waals surface area contributed by atoms with E-state index in [1.165, 1.54) is 29.5 Å². The van der Waals surface area contributed by atoms with Crippen LogP contribution in [0.2, 0.25) is 0 Å². The van der Waals surface area contributed by atoms with Crippen molar-refractivity contribution >= 4 is 29.4 Å². The number of nitrogens with two attached hydrogens (primary N) is 1. The minimum Gasteiger partial charge on any atom is -0.508 e. The summed E-state index contributed by atoms with van der Waals surface area (Å²) >= 11 is 1.48. The first-order valence-corrected chi connectivity index (χ1v) is 5.79. The van der Waals surface area contributed by atoms with Crippen molar-refractivity contribution in [3.63, 3.8) is 0 Å². The average Bonchev–Trinajstić information content (AvgIpc) is 2.81. The van der Waals surface area contributed by atoms with E-state index in [0.717, 1.165) is 5.56 Å². The van der Waals surface area contributed by atoms with Crippen LogP contribution in [0.15, 0.2) is 35.0 Å². The lowest BCUT2D eigenvalue weighted by Crippen LogP contribution is -2.11. The fraction of sp³-hybridized carbons (Fsp3) is 0.0909. The van der Waals surface area contributed by atoms with Crippen LogP contribution in [0.25, 0.3) is 0 Å². The molecule has 96 valence electrons. The van der Waals surface area contributed by atoms with Crippen LogP contribution in [0.4, 0.5) is 5.69 Å². The third kappa shape index (κ3) is 2.79. The second-order valence-electron chi connectivity index (χ2n) is 3.53. The molecule has 1 atom stereocenters. The predicted molar refractivity (Wildman–Crippen MR) is 72.4 cm³/mol. The fourth-order valence-corrected chi connectivity index (χ4v) is 2.23. The van der Waals surface area contributed by atoms with Crippen LogP contribution >= 0.6 is 23.7 Å². The Kier molecular flexibility index (Phi) is 4.66. The molecule has 0 saturated heterocycles. The van der Waals surface area contributed by atoms with Gasteiger partial charge in [-0.15, -0.1) is 12.4 Å². The quantitative estimate of drug-likeness (QED) is 0.670. The molecule has 5 nitrogen and oxygen atoms in total. The third-order valence-corrected chi connectivity index (χ3v) is 3.16. The van der Waals surface area contributed by atoms with E-state index >= 15 is 0 Å². The number of nitro groups is 1. The molecule has 0 unspecified atom stereocenters. The third-order valence-electron chi connectivity index (χ3n) is 2.46. The SMILES string of the molecule is Cl.N[C@H](c1ccsc1)c1cc([N+](=O)[O-])ccc1O. The Balaban J connectivity index is 0.00000162. The summed E-state index contributed by atoms with van der Waals surface area (Å²) in [7, 11) is 0. The highest BCUT2D eigenvalue weighted by Gasteiger charge is 2.17. The number of nitro benzene ring substituents is 1. The molecule has 0 aliphatic heterocycles. The Bertz CT molecular complexity index is 545. The van der Waals surface area contributed by atoms with E-state index in [4.69, 9.17) is 5.73 Å². The Morgan fingerprint density at radius 3 is 2.67 bits per heavy atom. The van der Waals surface area contributed by atoms with Crippen molar-refractivity contribution in [2.75, 3.05) is 0 Å². The molecule has 2 aromatic rings. The van der Waals surface area contributed by atoms with E-state index < -0.39 is 11.0 Å². The molecule has 18 heavy (non-hydrogen) atoms. The highest BCUT2D eigenvalue weighted by molar-refractivity contribution is 7.08. The largest absolute Gasteiger partial charge is 0.508 e. The van der Waals surface area contributed by atoms with E-state index in [0.29, 0.717) is 5.56 Å². The van der Waals surface area contributed by atoms with Gasteiger partial charge in [0.1, 0.15) is 5.75 Å². The zero-order valence-electron chi connectivity index (χ0n) is 9.15. The van der Waals surface area contributed by atoms with Gasteiger partial charge < -0.3 is 10.8 Å². The van der Waals surface area contributed by atoms with Gasteiger partial charge in [0.15, 0.2) is 0 Å². The summed E-state index contributed by atoms with van der Waals surface area (Å²) in [6.07, 6.45) is 0. The minimum atomic E-state index is -0.554. The van der Waals surface area contributed by atoms with Crippen LogP contribution in [0.5, 0.6) is 5.75 Å². The lowest BCUT2D eigenvalue weighted by Gasteiger charge is -2.11. The molecule has 2 rings (SSSR count). The summed E-state index contributed by atoms with van der Waals surface area (Å²) in [5, 5.41) is 24.1. The standard InChI is InChI=1S/C11H10N2O3S.ClH/c12-11(7-3-4-17-6-7)9-5-8(13(15)16)1-2-10(9)14;/h1-6,11,14H,12H2;1H/t11-;/m1./s1. The van der Waals surface area contributed by atoms with Crippen LogP contribution in [0.3, 0.4) is 0 Å². The van der Waals surface area contributed by atoms with Gasteiger partial charge in [0.05, 0.1) is 11.0 Å². The van der Waals surface area contributed by atoms with Gasteiger partial charge in [-0.2, -0.15) is 11.3 Å². The molecule has 3 N–H and O–H groups in total. The van der Waals surface area contributed by atoms with Crippen molar-refractivity contribution in [3.05, 3.63) is 56.3 Å². The molecular weight excluding hydrogens is 276 g/mol. The molecule has 0 saturated carbocycles. The van der Waals surface area contributed by atoms with E-state index in [9.17, 15) is 15.2 Å². The Morgan fingerprint density at radius 2 is 2.11 bits per heavy atom. The summed E-state index contributed by atoms with van der Waals surface area (Å²) in [6, 6.07) is 5.12. The maximum atomic E-state index is 10.7. The lowest BCUT2D eigenvalue weighted by atomic mass is 10.0. The molecule has 0 aliphatic carbocycles. The summed E-state index contributed by atoms with van der Waals surface area (Å²) in [4.78, 5) is 10.1. The zero-order valence-corrected chi connectivity index (χ0v) is 10.8. The van der Waals surface area contributed by atoms with E-state index in [-0.39, 0.29) is 23.8 Å². The average molecular weight is 287 g/mol. The molecule has 0 aliphatic rings. The van der Waals surface area contributed by atoms with Gasteiger partial charge in [0, 0.05) is 17.7 Å². The van der Waals surface area contributed by atoms with Crippen LogP contribution in [0.1, 0.15) is 17.2 Å². The summed E-state index contributed by atoms with van der Waals surface area (Å²) < 4.78 is 0. The Hall–Kier alpha value is -1.63. The number of benzene rings is 1. The van der Waals surface area contributed by atoms with Crippen molar-refractivity contribution in [3.8, 4) is 5.75 Å². The topological polar surface area (TPSA) is 89.4 Å². The van der Waals surface area contributed by atoms with E-state index in [1.54, 1.807) is 0 Å². The van der Waals surface area contributed by atoms with Gasteiger partial charge in [-0.05, 0) is 28.5 Å². The van der Waals surface area contributed by atoms with Gasteiger partial charge in [-0.3, -0.25) is 10.1 Å². The van der Waals surface area contributed by atoms with Crippen LogP contribution in [0, 0.1) is 10.1 Å². The molecule has 0 fully saturated rings. The highest BCUT2D eigenvalue weighted by atomic mass is 35.5. The molecule has 1 aromatic heterocycles. The number of rotatable bonds is 3. The predicted octanol–water partition coefficient (Wildman–Crippen LogP) is 2.83. The lowest BCUT2D eigenvalue weighted by molar-refractivity contribution is -0.384. The second-order valence-corrected chi connectivity index (χ2v) is 4.31. The molecule has 0 spiro atoms. The molecular formula is C11H11ClN2O3S. The van der Waals surface area contributed by atoms with Crippen molar-refractivity contribution < 1.29 is 10.0 Å². The van der Waals surface area contributed by atoms with Crippen LogP contribution in [-0.4, -0.2) is 10.0 Å². The molecule has 0 amide bonds. The van der Waals surface area contributed by atoms with Crippen molar-refractivity contribution in [2.45, 2.75) is 6.04 Å². The second kappa shape index (κ2) is 5.81. The maximum Gasteiger partial charge on any atom is 0.270 e. The monoisotopic (exact) mass is 286 g/mol. The summed E-state index contributed by atoms with van der Waals surface area (Å²) in [5.41, 5.74) is 7.06. The summed E-state index contributed by atoms with van der Waals surface area (Å²) in [5.74, 6) is -0.0331. The van der Waals surface area contributed by atoms with Crippen molar-refractivity contribution in [2.24, 2.45) is 5.73 Å². The number of halogens is 1. The van der Waals surface area contributed by atoms with Gasteiger partial charge in [0.2, 0.25) is 0 Å². The Morgan fingerprint density at radius 1 is 1.39 bits per heavy atom. The fourth-order valence-electron chi connectivity index (χ4n) is 1.54. The first-order chi connectivity index (χ1) is 8.09. The maximum absolute atomic E-state index is 10.7. The number of phenolic OH excluding ortho intramolecular Hbond substituents is 1. The molecule has 0 bridgehead atoms. The normalized spacial score (nSPS) is 11.6. The van der Waals surface area contributed by atoms with Gasteiger partial charge in [-0.1, -0.05) is 0 Å². The minimum absolute atomic E-state index is 0.